The third kappa shape index (κ3) is 9.92. The number of hydrogen-bond acceptors (Lipinski definition) is 7. The summed E-state index contributed by atoms with van der Waals surface area (Å²) in [5.41, 5.74) is 0.816. The van der Waals surface area contributed by atoms with Gasteiger partial charge in [0.15, 0.2) is 0 Å². The van der Waals surface area contributed by atoms with Crippen molar-refractivity contribution in [2.45, 2.75) is 65.5 Å². The van der Waals surface area contributed by atoms with Gasteiger partial charge in [0.1, 0.15) is 6.04 Å². The lowest BCUT2D eigenvalue weighted by molar-refractivity contribution is -0.130. The molecular formula is C28H42ClN5O3S2. The van der Waals surface area contributed by atoms with Gasteiger partial charge in [-0.3, -0.25) is 14.4 Å². The molecule has 1 aromatic heterocycles. The molecule has 0 spiro atoms. The van der Waals surface area contributed by atoms with E-state index in [0.29, 0.717) is 24.4 Å². The van der Waals surface area contributed by atoms with Crippen molar-refractivity contribution >= 4 is 62.6 Å². The summed E-state index contributed by atoms with van der Waals surface area (Å²) in [6.45, 7) is 11.1. The molecule has 4 atom stereocenters. The standard InChI is InChI=1S/C28H42ClN5O3S2/c1-5-7-25(35)31-22(15-26-32-21-9-8-20(29)14-24(21)39-26)28(37)33-23(18(3)6-2)16-30-27(36)19(4)17-34-10-12-38-13-11-34/h8-9,14,18-19,22-23H,5-7,10-13,15-17H2,1-4H3,(H,30,36)(H,31,35)(H,33,37)/t18-,19?,22-,23+/m0/s1. The van der Waals surface area contributed by atoms with Gasteiger partial charge in [-0.25, -0.2) is 4.98 Å². The normalized spacial score (nSPS) is 17.3. The van der Waals surface area contributed by atoms with Crippen LogP contribution in [0, 0.1) is 11.8 Å². The Labute approximate surface area is 245 Å². The maximum Gasteiger partial charge on any atom is 0.243 e. The highest BCUT2D eigenvalue weighted by Gasteiger charge is 2.28. The van der Waals surface area contributed by atoms with Gasteiger partial charge in [0.05, 0.1) is 15.2 Å². The highest BCUT2D eigenvalue weighted by atomic mass is 35.5. The first-order valence-corrected chi connectivity index (χ1v) is 16.3. The fourth-order valence-electron chi connectivity index (χ4n) is 4.51. The predicted octanol–water partition coefficient (Wildman–Crippen LogP) is 4.11. The van der Waals surface area contributed by atoms with Crippen LogP contribution in [0.2, 0.25) is 5.02 Å². The second-order valence-electron chi connectivity index (χ2n) is 10.4. The van der Waals surface area contributed by atoms with Crippen molar-refractivity contribution in [2.75, 3.05) is 37.7 Å². The van der Waals surface area contributed by atoms with Crippen molar-refractivity contribution in [2.24, 2.45) is 11.8 Å². The highest BCUT2D eigenvalue weighted by molar-refractivity contribution is 7.99. The predicted molar refractivity (Wildman–Crippen MR) is 162 cm³/mol. The minimum atomic E-state index is -0.766. The van der Waals surface area contributed by atoms with Crippen LogP contribution < -0.4 is 16.0 Å². The van der Waals surface area contributed by atoms with Crippen molar-refractivity contribution < 1.29 is 14.4 Å². The lowest BCUT2D eigenvalue weighted by Crippen LogP contribution is -2.55. The molecule has 0 radical (unpaired) electrons. The van der Waals surface area contributed by atoms with Gasteiger partial charge in [0, 0.05) is 67.5 Å². The van der Waals surface area contributed by atoms with E-state index in [1.807, 2.05) is 37.7 Å². The molecule has 0 aliphatic carbocycles. The van der Waals surface area contributed by atoms with Crippen LogP contribution in [0.1, 0.15) is 52.0 Å². The highest BCUT2D eigenvalue weighted by Crippen LogP contribution is 2.26. The maximum absolute atomic E-state index is 13.5. The number of thiazole rings is 1. The topological polar surface area (TPSA) is 103 Å². The Hall–Kier alpha value is -1.88. The Morgan fingerprint density at radius 1 is 1.10 bits per heavy atom. The SMILES string of the molecule is CCCC(=O)N[C@@H](Cc1nc2ccc(Cl)cc2s1)C(=O)N[C@H](CNC(=O)C(C)CN1CCSCC1)[C@@H](C)CC. The monoisotopic (exact) mass is 595 g/mol. The Bertz CT molecular complexity index is 1110. The average molecular weight is 596 g/mol. The number of amides is 3. The first kappa shape index (κ1) is 31.6. The molecule has 3 N–H and O–H groups in total. The van der Waals surface area contributed by atoms with Gasteiger partial charge in [-0.05, 0) is 30.5 Å². The third-order valence-corrected chi connectivity index (χ3v) is 9.36. The molecule has 216 valence electrons. The van der Waals surface area contributed by atoms with Gasteiger partial charge in [-0.1, -0.05) is 45.7 Å². The van der Waals surface area contributed by atoms with Crippen LogP contribution in [0.4, 0.5) is 0 Å². The Balaban J connectivity index is 1.66. The molecule has 1 fully saturated rings. The molecule has 1 aliphatic heterocycles. The summed E-state index contributed by atoms with van der Waals surface area (Å²) in [7, 11) is 0. The summed E-state index contributed by atoms with van der Waals surface area (Å²) in [6, 6.07) is 4.48. The van der Waals surface area contributed by atoms with E-state index >= 15 is 0 Å². The van der Waals surface area contributed by atoms with Crippen LogP contribution in [0.15, 0.2) is 18.2 Å². The molecule has 0 saturated carbocycles. The van der Waals surface area contributed by atoms with Crippen molar-refractivity contribution in [3.8, 4) is 0 Å². The number of hydrogen-bond donors (Lipinski definition) is 3. The summed E-state index contributed by atoms with van der Waals surface area (Å²) >= 11 is 9.56. The molecule has 11 heteroatoms. The van der Waals surface area contributed by atoms with Crippen molar-refractivity contribution in [1.29, 1.82) is 0 Å². The number of aromatic nitrogens is 1. The van der Waals surface area contributed by atoms with Crippen LogP contribution in [0.5, 0.6) is 0 Å². The lowest BCUT2D eigenvalue weighted by Gasteiger charge is -2.30. The van der Waals surface area contributed by atoms with Gasteiger partial charge in [-0.15, -0.1) is 11.3 Å². The van der Waals surface area contributed by atoms with Crippen LogP contribution >= 0.6 is 34.7 Å². The van der Waals surface area contributed by atoms with Crippen molar-refractivity contribution in [3.63, 3.8) is 0 Å². The van der Waals surface area contributed by atoms with Gasteiger partial charge in [0.2, 0.25) is 17.7 Å². The average Bonchev–Trinajstić information content (AvgIpc) is 3.31. The minimum Gasteiger partial charge on any atom is -0.354 e. The molecule has 39 heavy (non-hydrogen) atoms. The molecule has 1 saturated heterocycles. The molecule has 3 amide bonds. The fraction of sp³-hybridized carbons (Fsp3) is 0.643. The zero-order valence-corrected chi connectivity index (χ0v) is 25.8. The number of rotatable bonds is 14. The van der Waals surface area contributed by atoms with E-state index in [9.17, 15) is 14.4 Å². The van der Waals surface area contributed by atoms with Gasteiger partial charge in [-0.2, -0.15) is 11.8 Å². The van der Waals surface area contributed by atoms with E-state index in [2.05, 4.69) is 39.7 Å². The summed E-state index contributed by atoms with van der Waals surface area (Å²) < 4.78 is 0.939. The third-order valence-electron chi connectivity index (χ3n) is 7.14. The van der Waals surface area contributed by atoms with E-state index < -0.39 is 6.04 Å². The zero-order valence-electron chi connectivity index (χ0n) is 23.4. The molecule has 0 bridgehead atoms. The smallest absolute Gasteiger partial charge is 0.243 e. The summed E-state index contributed by atoms with van der Waals surface area (Å²) in [4.78, 5) is 45.9. The number of nitrogens with one attached hydrogen (secondary N) is 3. The maximum atomic E-state index is 13.5. The molecule has 8 nitrogen and oxygen atoms in total. The number of carbonyl (C=O) groups excluding carboxylic acids is 3. The van der Waals surface area contributed by atoms with Crippen molar-refractivity contribution in [1.82, 2.24) is 25.8 Å². The van der Waals surface area contributed by atoms with Gasteiger partial charge >= 0.3 is 0 Å². The van der Waals surface area contributed by atoms with Crippen LogP contribution in [-0.4, -0.2) is 77.4 Å². The number of benzene rings is 1. The Morgan fingerprint density at radius 2 is 1.85 bits per heavy atom. The number of thioether (sulfide) groups is 1. The van der Waals surface area contributed by atoms with Crippen LogP contribution in [0.25, 0.3) is 10.2 Å². The number of carbonyl (C=O) groups is 3. The lowest BCUT2D eigenvalue weighted by atomic mass is 9.98. The van der Waals surface area contributed by atoms with Crippen LogP contribution in [-0.2, 0) is 20.8 Å². The van der Waals surface area contributed by atoms with E-state index in [1.165, 1.54) is 11.3 Å². The Morgan fingerprint density at radius 3 is 2.54 bits per heavy atom. The van der Waals surface area contributed by atoms with E-state index in [4.69, 9.17) is 11.6 Å². The van der Waals surface area contributed by atoms with Crippen LogP contribution in [0.3, 0.4) is 0 Å². The molecule has 2 heterocycles. The molecule has 3 rings (SSSR count). The first-order chi connectivity index (χ1) is 18.7. The van der Waals surface area contributed by atoms with Crippen molar-refractivity contribution in [3.05, 3.63) is 28.2 Å². The van der Waals surface area contributed by atoms with E-state index in [0.717, 1.165) is 52.8 Å². The second-order valence-corrected chi connectivity index (χ2v) is 13.1. The van der Waals surface area contributed by atoms with Gasteiger partial charge < -0.3 is 20.9 Å². The largest absolute Gasteiger partial charge is 0.354 e. The molecule has 2 aromatic rings. The molecule has 1 aromatic carbocycles. The van der Waals surface area contributed by atoms with Gasteiger partial charge in [0.25, 0.3) is 0 Å². The Kier molecular flexibility index (Phi) is 12.8. The molecule has 1 unspecified atom stereocenters. The summed E-state index contributed by atoms with van der Waals surface area (Å²) in [5, 5.41) is 10.5. The first-order valence-electron chi connectivity index (χ1n) is 13.9. The number of halogens is 1. The second kappa shape index (κ2) is 15.8. The van der Waals surface area contributed by atoms with E-state index in [1.54, 1.807) is 6.07 Å². The minimum absolute atomic E-state index is 0.00304. The quantitative estimate of drug-likeness (QED) is 0.304. The summed E-state index contributed by atoms with van der Waals surface area (Å²) in [5.74, 6) is 1.79. The zero-order chi connectivity index (χ0) is 28.4. The fourth-order valence-corrected chi connectivity index (χ4v) is 6.78. The van der Waals surface area contributed by atoms with E-state index in [-0.39, 0.29) is 42.0 Å². The number of nitrogens with zero attached hydrogens (tertiary/aromatic N) is 2. The summed E-state index contributed by atoms with van der Waals surface area (Å²) in [6.07, 6.45) is 2.16. The molecular weight excluding hydrogens is 554 g/mol. The number of fused-ring (bicyclic) bond motifs is 1. The molecule has 1 aliphatic rings.